The van der Waals surface area contributed by atoms with E-state index in [1.165, 1.54) is 19.2 Å². The van der Waals surface area contributed by atoms with Gasteiger partial charge in [0.25, 0.3) is 0 Å². The van der Waals surface area contributed by atoms with Crippen LogP contribution >= 0.6 is 23.2 Å². The van der Waals surface area contributed by atoms with Crippen molar-refractivity contribution < 1.29 is 14.0 Å². The predicted octanol–water partition coefficient (Wildman–Crippen LogP) is 2.24. The van der Waals surface area contributed by atoms with E-state index in [-0.39, 0.29) is 11.6 Å². The standard InChI is InChI=1S/C12H14Cl2FN3O2/c1-6(17-5-9(19)18-12(20)16-2)10-7(13)3-4-8(15)11(10)14/h3-4,6,17H,5H2,1-2H3,(H2,16,18,19,20). The number of imide groups is 1. The molecule has 0 saturated carbocycles. The molecule has 0 bridgehead atoms. The first-order chi connectivity index (χ1) is 9.36. The lowest BCUT2D eigenvalue weighted by molar-refractivity contribution is -0.119. The molecule has 0 aliphatic rings. The Bertz CT molecular complexity index is 526. The Morgan fingerprint density at radius 2 is 2.00 bits per heavy atom. The quantitative estimate of drug-likeness (QED) is 0.745. The number of hydrogen-bond acceptors (Lipinski definition) is 3. The Balaban J connectivity index is 2.68. The topological polar surface area (TPSA) is 70.2 Å². The van der Waals surface area contributed by atoms with Crippen LogP contribution in [0.2, 0.25) is 10.0 Å². The summed E-state index contributed by atoms with van der Waals surface area (Å²) in [7, 11) is 1.39. The highest BCUT2D eigenvalue weighted by Gasteiger charge is 2.17. The SMILES string of the molecule is CNC(=O)NC(=O)CNC(C)c1c(Cl)ccc(F)c1Cl. The maximum atomic E-state index is 13.4. The van der Waals surface area contributed by atoms with Gasteiger partial charge in [-0.15, -0.1) is 0 Å². The van der Waals surface area contributed by atoms with E-state index in [0.717, 1.165) is 0 Å². The van der Waals surface area contributed by atoms with Crippen molar-refractivity contribution in [1.29, 1.82) is 0 Å². The van der Waals surface area contributed by atoms with Gasteiger partial charge in [0.1, 0.15) is 5.82 Å². The van der Waals surface area contributed by atoms with Crippen LogP contribution < -0.4 is 16.0 Å². The van der Waals surface area contributed by atoms with Crippen LogP contribution in [0.3, 0.4) is 0 Å². The second-order valence-electron chi connectivity index (χ2n) is 3.99. The zero-order chi connectivity index (χ0) is 15.3. The Morgan fingerprint density at radius 1 is 1.35 bits per heavy atom. The summed E-state index contributed by atoms with van der Waals surface area (Å²) in [6, 6.07) is 1.49. The van der Waals surface area contributed by atoms with E-state index in [1.807, 2.05) is 0 Å². The molecule has 1 aromatic carbocycles. The molecule has 1 aromatic rings. The van der Waals surface area contributed by atoms with E-state index in [9.17, 15) is 14.0 Å². The van der Waals surface area contributed by atoms with Gasteiger partial charge in [0, 0.05) is 23.7 Å². The fourth-order valence-corrected chi connectivity index (χ4v) is 2.22. The second-order valence-corrected chi connectivity index (χ2v) is 4.77. The number of urea groups is 1. The highest BCUT2D eigenvalue weighted by Crippen LogP contribution is 2.32. The van der Waals surface area contributed by atoms with Gasteiger partial charge in [0.15, 0.2) is 0 Å². The summed E-state index contributed by atoms with van der Waals surface area (Å²) in [6.07, 6.45) is 0. The average molecular weight is 322 g/mol. The molecule has 0 fully saturated rings. The molecule has 0 aromatic heterocycles. The van der Waals surface area contributed by atoms with Crippen molar-refractivity contribution in [2.75, 3.05) is 13.6 Å². The van der Waals surface area contributed by atoms with Gasteiger partial charge in [-0.3, -0.25) is 10.1 Å². The summed E-state index contributed by atoms with van der Waals surface area (Å²) < 4.78 is 13.4. The zero-order valence-electron chi connectivity index (χ0n) is 10.9. The highest BCUT2D eigenvalue weighted by atomic mass is 35.5. The minimum Gasteiger partial charge on any atom is -0.341 e. The van der Waals surface area contributed by atoms with Crippen LogP contribution in [-0.2, 0) is 4.79 Å². The van der Waals surface area contributed by atoms with E-state index >= 15 is 0 Å². The molecule has 0 spiro atoms. The molecule has 110 valence electrons. The number of benzene rings is 1. The van der Waals surface area contributed by atoms with Gasteiger partial charge in [-0.2, -0.15) is 0 Å². The molecule has 3 N–H and O–H groups in total. The van der Waals surface area contributed by atoms with Gasteiger partial charge >= 0.3 is 6.03 Å². The number of carbonyl (C=O) groups excluding carboxylic acids is 2. The minimum atomic E-state index is -0.605. The van der Waals surface area contributed by atoms with Gasteiger partial charge in [-0.25, -0.2) is 9.18 Å². The van der Waals surface area contributed by atoms with Crippen molar-refractivity contribution in [1.82, 2.24) is 16.0 Å². The average Bonchev–Trinajstić information content (AvgIpc) is 2.41. The van der Waals surface area contributed by atoms with Crippen LogP contribution in [0, 0.1) is 5.82 Å². The molecule has 3 amide bonds. The highest BCUT2D eigenvalue weighted by molar-refractivity contribution is 6.36. The van der Waals surface area contributed by atoms with Crippen molar-refractivity contribution in [2.45, 2.75) is 13.0 Å². The Hall–Kier alpha value is -1.37. The summed E-state index contributed by atoms with van der Waals surface area (Å²) in [5.74, 6) is -1.12. The number of rotatable bonds is 4. The van der Waals surface area contributed by atoms with E-state index < -0.39 is 23.8 Å². The smallest absolute Gasteiger partial charge is 0.321 e. The lowest BCUT2D eigenvalue weighted by Crippen LogP contribution is -2.42. The molecule has 8 heteroatoms. The summed E-state index contributed by atoms with van der Waals surface area (Å²) >= 11 is 11.8. The van der Waals surface area contributed by atoms with Crippen molar-refractivity contribution in [3.05, 3.63) is 33.6 Å². The molecule has 1 unspecified atom stereocenters. The van der Waals surface area contributed by atoms with Gasteiger partial charge in [-0.1, -0.05) is 23.2 Å². The minimum absolute atomic E-state index is 0.0933. The van der Waals surface area contributed by atoms with Crippen LogP contribution in [0.15, 0.2) is 12.1 Å². The summed E-state index contributed by atoms with van der Waals surface area (Å²) in [5, 5.41) is 7.35. The molecular formula is C12H14Cl2FN3O2. The van der Waals surface area contributed by atoms with Crippen molar-refractivity contribution in [3.63, 3.8) is 0 Å². The summed E-state index contributed by atoms with van der Waals surface area (Å²) in [4.78, 5) is 22.3. The van der Waals surface area contributed by atoms with Crippen LogP contribution in [-0.4, -0.2) is 25.5 Å². The number of amides is 3. The van der Waals surface area contributed by atoms with Crippen molar-refractivity contribution >= 4 is 35.1 Å². The first kappa shape index (κ1) is 16.7. The van der Waals surface area contributed by atoms with Gasteiger partial charge in [0.2, 0.25) is 5.91 Å². The molecule has 0 heterocycles. The van der Waals surface area contributed by atoms with Crippen LogP contribution in [0.25, 0.3) is 0 Å². The Morgan fingerprint density at radius 3 is 2.60 bits per heavy atom. The fourth-order valence-electron chi connectivity index (χ4n) is 1.52. The van der Waals surface area contributed by atoms with E-state index in [1.54, 1.807) is 6.92 Å². The van der Waals surface area contributed by atoms with Gasteiger partial charge in [0.05, 0.1) is 11.6 Å². The maximum absolute atomic E-state index is 13.4. The molecule has 0 aliphatic carbocycles. The third-order valence-electron chi connectivity index (χ3n) is 2.56. The van der Waals surface area contributed by atoms with Crippen molar-refractivity contribution in [2.24, 2.45) is 0 Å². The monoisotopic (exact) mass is 321 g/mol. The number of nitrogens with one attached hydrogen (secondary N) is 3. The maximum Gasteiger partial charge on any atom is 0.321 e. The van der Waals surface area contributed by atoms with Crippen LogP contribution in [0.1, 0.15) is 18.5 Å². The number of halogens is 3. The van der Waals surface area contributed by atoms with Gasteiger partial charge < -0.3 is 10.6 Å². The lowest BCUT2D eigenvalue weighted by Gasteiger charge is -2.17. The largest absolute Gasteiger partial charge is 0.341 e. The first-order valence-electron chi connectivity index (χ1n) is 5.75. The van der Waals surface area contributed by atoms with Crippen LogP contribution in [0.4, 0.5) is 9.18 Å². The molecule has 5 nitrogen and oxygen atoms in total. The summed E-state index contributed by atoms with van der Waals surface area (Å²) in [5.41, 5.74) is 0.362. The van der Waals surface area contributed by atoms with E-state index in [4.69, 9.17) is 23.2 Å². The Kier molecular flexibility index (Phi) is 6.19. The third kappa shape index (κ3) is 4.33. The predicted molar refractivity (Wildman–Crippen MR) is 75.4 cm³/mol. The molecule has 1 atom stereocenters. The van der Waals surface area contributed by atoms with E-state index in [0.29, 0.717) is 10.6 Å². The Labute approximate surface area is 125 Å². The fraction of sp³-hybridized carbons (Fsp3) is 0.333. The van der Waals surface area contributed by atoms with Crippen molar-refractivity contribution in [3.8, 4) is 0 Å². The molecule has 0 aliphatic heterocycles. The number of hydrogen-bond donors (Lipinski definition) is 3. The molecule has 0 radical (unpaired) electrons. The third-order valence-corrected chi connectivity index (χ3v) is 3.27. The molecular weight excluding hydrogens is 308 g/mol. The van der Waals surface area contributed by atoms with Gasteiger partial charge in [-0.05, 0) is 19.1 Å². The lowest BCUT2D eigenvalue weighted by atomic mass is 10.1. The molecule has 20 heavy (non-hydrogen) atoms. The second kappa shape index (κ2) is 7.42. The molecule has 0 saturated heterocycles. The number of carbonyl (C=O) groups is 2. The zero-order valence-corrected chi connectivity index (χ0v) is 12.4. The summed E-state index contributed by atoms with van der Waals surface area (Å²) in [6.45, 7) is 1.54. The normalized spacial score (nSPS) is 11.8. The van der Waals surface area contributed by atoms with Crippen LogP contribution in [0.5, 0.6) is 0 Å². The molecule has 1 rings (SSSR count). The van der Waals surface area contributed by atoms with E-state index in [2.05, 4.69) is 16.0 Å². The first-order valence-corrected chi connectivity index (χ1v) is 6.50.